The predicted octanol–water partition coefficient (Wildman–Crippen LogP) is 2.64. The Hall–Kier alpha value is -2.42. The van der Waals surface area contributed by atoms with Crippen molar-refractivity contribution in [3.05, 3.63) is 42.0 Å². The molecule has 28 heavy (non-hydrogen) atoms. The van der Waals surface area contributed by atoms with Crippen molar-refractivity contribution < 1.29 is 13.2 Å². The molecule has 1 fully saturated rings. The zero-order chi connectivity index (χ0) is 20.3. The number of anilines is 1. The number of rotatable bonds is 6. The molecule has 0 radical (unpaired) electrons. The lowest BCUT2D eigenvalue weighted by Crippen LogP contribution is -2.38. The van der Waals surface area contributed by atoms with Crippen LogP contribution < -0.4 is 4.72 Å². The summed E-state index contributed by atoms with van der Waals surface area (Å²) in [7, 11) is -3.37. The molecule has 1 saturated heterocycles. The fourth-order valence-electron chi connectivity index (χ4n) is 3.43. The number of carbonyl (C=O) groups excluding carboxylic acids is 1. The Labute approximate surface area is 166 Å². The molecule has 1 aromatic carbocycles. The number of nitrogens with one attached hydrogen (secondary N) is 1. The Bertz CT molecular complexity index is 931. The maximum absolute atomic E-state index is 12.9. The van der Waals surface area contributed by atoms with E-state index < -0.39 is 10.0 Å². The number of aromatic nitrogens is 3. The molecular weight excluding hydrogens is 378 g/mol. The van der Waals surface area contributed by atoms with Crippen LogP contribution in [0.3, 0.4) is 0 Å². The molecule has 1 N–H and O–H groups in total. The second-order valence-electron chi connectivity index (χ2n) is 7.34. The summed E-state index contributed by atoms with van der Waals surface area (Å²) in [6, 6.07) is 6.96. The second-order valence-corrected chi connectivity index (χ2v) is 9.35. The largest absolute Gasteiger partial charge is 0.339 e. The Balaban J connectivity index is 1.66. The Morgan fingerprint density at radius 2 is 2.00 bits per heavy atom. The lowest BCUT2D eigenvalue weighted by molar-refractivity contribution is 0.0710. The maximum atomic E-state index is 12.9. The van der Waals surface area contributed by atoms with Gasteiger partial charge < -0.3 is 9.47 Å². The number of benzene rings is 1. The van der Waals surface area contributed by atoms with Crippen molar-refractivity contribution in [2.24, 2.45) is 0 Å². The molecule has 9 heteroatoms. The van der Waals surface area contributed by atoms with Gasteiger partial charge in [-0.1, -0.05) is 6.07 Å². The van der Waals surface area contributed by atoms with Gasteiger partial charge in [-0.3, -0.25) is 9.52 Å². The van der Waals surface area contributed by atoms with Gasteiger partial charge in [0.15, 0.2) is 0 Å². The number of amides is 1. The van der Waals surface area contributed by atoms with E-state index in [0.717, 1.165) is 18.7 Å². The van der Waals surface area contributed by atoms with Crippen molar-refractivity contribution in [2.75, 3.05) is 23.6 Å². The minimum Gasteiger partial charge on any atom is -0.339 e. The van der Waals surface area contributed by atoms with Crippen molar-refractivity contribution in [3.8, 4) is 0 Å². The average Bonchev–Trinajstić information content (AvgIpc) is 3.18. The van der Waals surface area contributed by atoms with E-state index in [9.17, 15) is 13.2 Å². The van der Waals surface area contributed by atoms with Crippen LogP contribution in [0.15, 0.2) is 30.6 Å². The number of likely N-dealkylation sites (tertiary alicyclic amines) is 1. The van der Waals surface area contributed by atoms with Gasteiger partial charge in [0, 0.05) is 36.3 Å². The molecule has 0 unspecified atom stereocenters. The highest BCUT2D eigenvalue weighted by atomic mass is 32.2. The van der Waals surface area contributed by atoms with Crippen molar-refractivity contribution in [1.82, 2.24) is 19.7 Å². The molecule has 1 aliphatic heterocycles. The first-order chi connectivity index (χ1) is 13.3. The molecule has 3 rings (SSSR count). The van der Waals surface area contributed by atoms with Crippen LogP contribution in [0.5, 0.6) is 0 Å². The Kier molecular flexibility index (Phi) is 6.02. The number of piperidine rings is 1. The van der Waals surface area contributed by atoms with Gasteiger partial charge in [-0.25, -0.2) is 8.42 Å². The summed E-state index contributed by atoms with van der Waals surface area (Å²) in [5.41, 5.74) is 0.896. The van der Waals surface area contributed by atoms with Crippen LogP contribution in [0.25, 0.3) is 0 Å². The molecule has 0 atom stereocenters. The average molecular weight is 406 g/mol. The summed E-state index contributed by atoms with van der Waals surface area (Å²) in [5, 5.41) is 8.33. The van der Waals surface area contributed by atoms with E-state index in [1.807, 2.05) is 4.90 Å². The second kappa shape index (κ2) is 8.30. The van der Waals surface area contributed by atoms with Gasteiger partial charge in [-0.2, -0.15) is 0 Å². The molecular formula is C19H27N5O3S. The first kappa shape index (κ1) is 20.3. The summed E-state index contributed by atoms with van der Waals surface area (Å²) in [6.45, 7) is 7.05. The SMILES string of the molecule is CCS(=O)(=O)Nc1cccc(C(=O)N2CCC(c3nncn3C(C)C)CC2)c1. The third-order valence-electron chi connectivity index (χ3n) is 5.07. The lowest BCUT2D eigenvalue weighted by Gasteiger charge is -2.32. The van der Waals surface area contributed by atoms with E-state index in [2.05, 4.69) is 33.3 Å². The zero-order valence-electron chi connectivity index (χ0n) is 16.5. The molecule has 2 heterocycles. The van der Waals surface area contributed by atoms with Crippen molar-refractivity contribution >= 4 is 21.6 Å². The van der Waals surface area contributed by atoms with Gasteiger partial charge in [-0.15, -0.1) is 10.2 Å². The van der Waals surface area contributed by atoms with Crippen LogP contribution in [0.1, 0.15) is 61.8 Å². The summed E-state index contributed by atoms with van der Waals surface area (Å²) in [6.07, 6.45) is 3.43. The fourth-order valence-corrected chi connectivity index (χ4v) is 4.06. The number of carbonyl (C=O) groups is 1. The third kappa shape index (κ3) is 4.52. The molecule has 152 valence electrons. The van der Waals surface area contributed by atoms with E-state index in [4.69, 9.17) is 0 Å². The molecule has 2 aromatic rings. The first-order valence-electron chi connectivity index (χ1n) is 9.60. The van der Waals surface area contributed by atoms with Crippen LogP contribution in [0.4, 0.5) is 5.69 Å². The van der Waals surface area contributed by atoms with E-state index in [1.165, 1.54) is 0 Å². The van der Waals surface area contributed by atoms with Crippen LogP contribution in [0, 0.1) is 0 Å². The van der Waals surface area contributed by atoms with Gasteiger partial charge in [-0.05, 0) is 51.8 Å². The topological polar surface area (TPSA) is 97.2 Å². The van der Waals surface area contributed by atoms with E-state index in [0.29, 0.717) is 30.4 Å². The van der Waals surface area contributed by atoms with Crippen molar-refractivity contribution in [2.45, 2.75) is 45.6 Å². The highest BCUT2D eigenvalue weighted by Gasteiger charge is 2.28. The maximum Gasteiger partial charge on any atom is 0.253 e. The fraction of sp³-hybridized carbons (Fsp3) is 0.526. The van der Waals surface area contributed by atoms with Crippen LogP contribution in [0.2, 0.25) is 0 Å². The van der Waals surface area contributed by atoms with Gasteiger partial charge in [0.25, 0.3) is 5.91 Å². The molecule has 0 saturated carbocycles. The van der Waals surface area contributed by atoms with E-state index in [-0.39, 0.29) is 17.6 Å². The van der Waals surface area contributed by atoms with Crippen LogP contribution in [-0.4, -0.2) is 52.8 Å². The molecule has 0 aliphatic carbocycles. The quantitative estimate of drug-likeness (QED) is 0.797. The predicted molar refractivity (Wildman–Crippen MR) is 108 cm³/mol. The van der Waals surface area contributed by atoms with Gasteiger partial charge in [0.1, 0.15) is 12.2 Å². The highest BCUT2D eigenvalue weighted by molar-refractivity contribution is 7.92. The van der Waals surface area contributed by atoms with Crippen molar-refractivity contribution in [1.29, 1.82) is 0 Å². The number of sulfonamides is 1. The minimum atomic E-state index is -3.37. The smallest absolute Gasteiger partial charge is 0.253 e. The Morgan fingerprint density at radius 1 is 1.29 bits per heavy atom. The number of hydrogen-bond acceptors (Lipinski definition) is 5. The number of nitrogens with zero attached hydrogens (tertiary/aromatic N) is 4. The minimum absolute atomic E-state index is 0.0142. The highest BCUT2D eigenvalue weighted by Crippen LogP contribution is 2.29. The summed E-state index contributed by atoms with van der Waals surface area (Å²) >= 11 is 0. The Morgan fingerprint density at radius 3 is 2.64 bits per heavy atom. The standard InChI is InChI=1S/C19H27N5O3S/c1-4-28(26,27)22-17-7-5-6-16(12-17)19(25)23-10-8-15(9-11-23)18-21-20-13-24(18)14(2)3/h5-7,12-15,22H,4,8-11H2,1-3H3. The summed E-state index contributed by atoms with van der Waals surface area (Å²) in [4.78, 5) is 14.7. The van der Waals surface area contributed by atoms with Gasteiger partial charge >= 0.3 is 0 Å². The first-order valence-corrected chi connectivity index (χ1v) is 11.2. The normalized spacial score (nSPS) is 15.8. The van der Waals surface area contributed by atoms with E-state index in [1.54, 1.807) is 37.5 Å². The summed E-state index contributed by atoms with van der Waals surface area (Å²) < 4.78 is 28.1. The van der Waals surface area contributed by atoms with Gasteiger partial charge in [0.2, 0.25) is 10.0 Å². The molecule has 1 amide bonds. The van der Waals surface area contributed by atoms with Crippen LogP contribution in [-0.2, 0) is 10.0 Å². The number of hydrogen-bond donors (Lipinski definition) is 1. The molecule has 0 spiro atoms. The lowest BCUT2D eigenvalue weighted by atomic mass is 9.95. The molecule has 8 nitrogen and oxygen atoms in total. The molecule has 1 aromatic heterocycles. The van der Waals surface area contributed by atoms with E-state index >= 15 is 0 Å². The summed E-state index contributed by atoms with van der Waals surface area (Å²) in [5.74, 6) is 1.18. The van der Waals surface area contributed by atoms with Gasteiger partial charge in [0.05, 0.1) is 5.75 Å². The monoisotopic (exact) mass is 405 g/mol. The zero-order valence-corrected chi connectivity index (χ0v) is 17.3. The molecule has 1 aliphatic rings. The third-order valence-corrected chi connectivity index (χ3v) is 6.37. The molecule has 0 bridgehead atoms. The van der Waals surface area contributed by atoms with Crippen molar-refractivity contribution in [3.63, 3.8) is 0 Å². The van der Waals surface area contributed by atoms with Crippen LogP contribution >= 0.6 is 0 Å².